The van der Waals surface area contributed by atoms with E-state index in [9.17, 15) is 17.6 Å². The molecule has 1 amide bonds. The van der Waals surface area contributed by atoms with Crippen LogP contribution in [-0.2, 0) is 14.8 Å². The van der Waals surface area contributed by atoms with Crippen LogP contribution in [0, 0.1) is 19.7 Å². The second kappa shape index (κ2) is 10.6. The summed E-state index contributed by atoms with van der Waals surface area (Å²) in [4.78, 5) is 13.1. The van der Waals surface area contributed by atoms with Gasteiger partial charge in [-0.2, -0.15) is 0 Å². The Bertz CT molecular complexity index is 900. The molecule has 2 N–H and O–H groups in total. The van der Waals surface area contributed by atoms with Crippen molar-refractivity contribution < 1.29 is 17.6 Å². The summed E-state index contributed by atoms with van der Waals surface area (Å²) in [5, 5.41) is 2.78. The minimum atomic E-state index is -3.63. The SMILES string of the molecule is Cc1ccc(S(=O)(=O)NCCC(=O)NCCCSc2ccc(F)cc2)c(C)c1. The van der Waals surface area contributed by atoms with Crippen LogP contribution in [0.5, 0.6) is 0 Å². The van der Waals surface area contributed by atoms with Gasteiger partial charge < -0.3 is 5.32 Å². The Labute approximate surface area is 170 Å². The molecule has 5 nitrogen and oxygen atoms in total. The fourth-order valence-corrected chi connectivity index (χ4v) is 4.70. The molecule has 0 aromatic heterocycles. The molecule has 0 aliphatic heterocycles. The van der Waals surface area contributed by atoms with Gasteiger partial charge in [0.1, 0.15) is 5.82 Å². The van der Waals surface area contributed by atoms with Gasteiger partial charge in [0, 0.05) is 24.4 Å². The molecule has 0 unspecified atom stereocenters. The van der Waals surface area contributed by atoms with Crippen molar-refractivity contribution in [3.05, 3.63) is 59.4 Å². The molecule has 0 atom stereocenters. The first-order valence-electron chi connectivity index (χ1n) is 9.00. The van der Waals surface area contributed by atoms with Crippen LogP contribution in [0.2, 0.25) is 0 Å². The van der Waals surface area contributed by atoms with Gasteiger partial charge in [-0.15, -0.1) is 11.8 Å². The normalized spacial score (nSPS) is 11.4. The Balaban J connectivity index is 1.64. The number of sulfonamides is 1. The van der Waals surface area contributed by atoms with E-state index in [1.807, 2.05) is 13.0 Å². The number of carbonyl (C=O) groups is 1. The minimum Gasteiger partial charge on any atom is -0.356 e. The molecule has 0 spiro atoms. The molecule has 152 valence electrons. The van der Waals surface area contributed by atoms with Gasteiger partial charge in [0.15, 0.2) is 0 Å². The maximum absolute atomic E-state index is 12.8. The number of aryl methyl sites for hydroxylation is 2. The summed E-state index contributed by atoms with van der Waals surface area (Å²) >= 11 is 1.59. The lowest BCUT2D eigenvalue weighted by atomic mass is 10.2. The summed E-state index contributed by atoms with van der Waals surface area (Å²) in [6, 6.07) is 11.4. The fourth-order valence-electron chi connectivity index (χ4n) is 2.59. The van der Waals surface area contributed by atoms with Crippen LogP contribution in [0.3, 0.4) is 0 Å². The van der Waals surface area contributed by atoms with E-state index in [0.717, 1.165) is 22.6 Å². The number of amides is 1. The van der Waals surface area contributed by atoms with Gasteiger partial charge >= 0.3 is 0 Å². The van der Waals surface area contributed by atoms with E-state index < -0.39 is 10.0 Å². The van der Waals surface area contributed by atoms with Crippen molar-refractivity contribution in [3.63, 3.8) is 0 Å². The monoisotopic (exact) mass is 424 g/mol. The number of hydrogen-bond donors (Lipinski definition) is 2. The second-order valence-corrected chi connectivity index (χ2v) is 9.33. The van der Waals surface area contributed by atoms with Crippen molar-refractivity contribution in [2.45, 2.75) is 36.5 Å². The third-order valence-electron chi connectivity index (χ3n) is 3.99. The van der Waals surface area contributed by atoms with Crippen LogP contribution in [0.4, 0.5) is 4.39 Å². The molecule has 2 aromatic rings. The number of benzene rings is 2. The maximum Gasteiger partial charge on any atom is 0.240 e. The zero-order valence-corrected chi connectivity index (χ0v) is 17.6. The number of carbonyl (C=O) groups excluding carboxylic acids is 1. The molecule has 0 saturated carbocycles. The molecule has 2 rings (SSSR count). The van der Waals surface area contributed by atoms with E-state index in [-0.39, 0.29) is 29.6 Å². The van der Waals surface area contributed by atoms with Crippen molar-refractivity contribution in [3.8, 4) is 0 Å². The Kier molecular flexibility index (Phi) is 8.47. The fraction of sp³-hybridized carbons (Fsp3) is 0.350. The first-order chi connectivity index (χ1) is 13.3. The van der Waals surface area contributed by atoms with Gasteiger partial charge in [0.05, 0.1) is 4.90 Å². The lowest BCUT2D eigenvalue weighted by molar-refractivity contribution is -0.120. The Hall–Kier alpha value is -1.90. The molecule has 0 heterocycles. The molecule has 0 radical (unpaired) electrons. The molecule has 2 aromatic carbocycles. The van der Waals surface area contributed by atoms with Crippen LogP contribution in [0.15, 0.2) is 52.3 Å². The predicted octanol–water partition coefficient (Wildman–Crippen LogP) is 3.41. The van der Waals surface area contributed by atoms with Gasteiger partial charge in [-0.1, -0.05) is 17.7 Å². The Morgan fingerprint density at radius 3 is 2.46 bits per heavy atom. The van der Waals surface area contributed by atoms with Crippen molar-refractivity contribution in [1.29, 1.82) is 0 Å². The van der Waals surface area contributed by atoms with Crippen molar-refractivity contribution >= 4 is 27.7 Å². The highest BCUT2D eigenvalue weighted by atomic mass is 32.2. The smallest absolute Gasteiger partial charge is 0.240 e. The zero-order valence-electron chi connectivity index (χ0n) is 16.0. The van der Waals surface area contributed by atoms with Crippen LogP contribution in [0.25, 0.3) is 0 Å². The number of rotatable bonds is 10. The average molecular weight is 425 g/mol. The third kappa shape index (κ3) is 7.26. The minimum absolute atomic E-state index is 0.0474. The molecule has 0 fully saturated rings. The van der Waals surface area contributed by atoms with E-state index in [4.69, 9.17) is 0 Å². The standard InChI is InChI=1S/C20H25FN2O3S2/c1-15-4-9-19(16(2)14-15)28(25,26)23-12-10-20(24)22-11-3-13-27-18-7-5-17(21)6-8-18/h4-9,14,23H,3,10-13H2,1-2H3,(H,22,24). The highest BCUT2D eigenvalue weighted by Gasteiger charge is 2.16. The summed E-state index contributed by atoms with van der Waals surface area (Å²) in [6.07, 6.45) is 0.845. The summed E-state index contributed by atoms with van der Waals surface area (Å²) in [6.45, 7) is 4.21. The largest absolute Gasteiger partial charge is 0.356 e. The first kappa shape index (κ1) is 22.4. The Morgan fingerprint density at radius 2 is 1.79 bits per heavy atom. The summed E-state index contributed by atoms with van der Waals surface area (Å²) in [5.74, 6) is 0.338. The zero-order chi connectivity index (χ0) is 20.6. The van der Waals surface area contributed by atoms with E-state index >= 15 is 0 Å². The molecule has 28 heavy (non-hydrogen) atoms. The lowest BCUT2D eigenvalue weighted by Crippen LogP contribution is -2.31. The highest BCUT2D eigenvalue weighted by Crippen LogP contribution is 2.18. The van der Waals surface area contributed by atoms with Crippen LogP contribution >= 0.6 is 11.8 Å². The van der Waals surface area contributed by atoms with Gasteiger partial charge in [-0.25, -0.2) is 17.5 Å². The van der Waals surface area contributed by atoms with Crippen molar-refractivity contribution in [2.24, 2.45) is 0 Å². The van der Waals surface area contributed by atoms with E-state index in [1.54, 1.807) is 43.0 Å². The van der Waals surface area contributed by atoms with Gasteiger partial charge in [0.2, 0.25) is 15.9 Å². The van der Waals surface area contributed by atoms with Crippen LogP contribution in [0.1, 0.15) is 24.0 Å². The number of halogens is 1. The van der Waals surface area contributed by atoms with E-state index in [2.05, 4.69) is 10.0 Å². The van der Waals surface area contributed by atoms with E-state index in [0.29, 0.717) is 12.1 Å². The molecular weight excluding hydrogens is 399 g/mol. The maximum atomic E-state index is 12.8. The summed E-state index contributed by atoms with van der Waals surface area (Å²) in [5.41, 5.74) is 1.67. The van der Waals surface area contributed by atoms with Crippen molar-refractivity contribution in [2.75, 3.05) is 18.8 Å². The van der Waals surface area contributed by atoms with Crippen LogP contribution < -0.4 is 10.0 Å². The van der Waals surface area contributed by atoms with Crippen LogP contribution in [-0.4, -0.2) is 33.2 Å². The predicted molar refractivity (Wildman–Crippen MR) is 110 cm³/mol. The Morgan fingerprint density at radius 1 is 1.07 bits per heavy atom. The molecular formula is C20H25FN2O3S2. The molecule has 0 bridgehead atoms. The number of thioether (sulfide) groups is 1. The lowest BCUT2D eigenvalue weighted by Gasteiger charge is -2.10. The topological polar surface area (TPSA) is 75.3 Å². The second-order valence-electron chi connectivity index (χ2n) is 6.42. The molecule has 0 aliphatic rings. The summed E-state index contributed by atoms with van der Waals surface area (Å²) in [7, 11) is -3.63. The number of hydrogen-bond acceptors (Lipinski definition) is 4. The quantitative estimate of drug-likeness (QED) is 0.453. The molecule has 0 aliphatic carbocycles. The van der Waals surface area contributed by atoms with Gasteiger partial charge in [-0.3, -0.25) is 4.79 Å². The summed E-state index contributed by atoms with van der Waals surface area (Å²) < 4.78 is 40.0. The molecule has 8 heteroatoms. The van der Waals surface area contributed by atoms with Crippen molar-refractivity contribution in [1.82, 2.24) is 10.0 Å². The molecule has 0 saturated heterocycles. The number of nitrogens with one attached hydrogen (secondary N) is 2. The first-order valence-corrected chi connectivity index (χ1v) is 11.5. The highest BCUT2D eigenvalue weighted by molar-refractivity contribution is 7.99. The van der Waals surface area contributed by atoms with E-state index in [1.165, 1.54) is 12.1 Å². The average Bonchev–Trinajstić information content (AvgIpc) is 2.62. The third-order valence-corrected chi connectivity index (χ3v) is 6.71. The van der Waals surface area contributed by atoms with Gasteiger partial charge in [-0.05, 0) is 61.9 Å². The van der Waals surface area contributed by atoms with Gasteiger partial charge in [0.25, 0.3) is 0 Å².